The molecule has 0 radical (unpaired) electrons. The van der Waals surface area contributed by atoms with Crippen LogP contribution in [-0.2, 0) is 6.54 Å². The Balaban J connectivity index is 1.28. The van der Waals surface area contributed by atoms with Crippen LogP contribution in [0.4, 0.5) is 0 Å². The van der Waals surface area contributed by atoms with Crippen molar-refractivity contribution >= 4 is 11.0 Å². The lowest BCUT2D eigenvalue weighted by atomic mass is 10.0. The number of unbranched alkanes of at least 4 members (excludes halogenated alkanes) is 17. The zero-order valence-electron chi connectivity index (χ0n) is 19.1. The summed E-state index contributed by atoms with van der Waals surface area (Å²) in [5, 5.41) is 9.06. The van der Waals surface area contributed by atoms with Crippen molar-refractivity contribution in [2.75, 3.05) is 0 Å². The standard InChI is InChI=1S/C26H45N3/c1-2-3-4-5-6-7-8-9-10-11-12-13-14-15-16-17-18-21-24-29-27-25-22-19-20-23-26(25)28-29/h19-20,22-23H,2-18,21,24H2,1H3. The summed E-state index contributed by atoms with van der Waals surface area (Å²) in [5.41, 5.74) is 2.02. The summed E-state index contributed by atoms with van der Waals surface area (Å²) in [6.45, 7) is 3.25. The fraction of sp³-hybridized carbons (Fsp3) is 0.769. The minimum Gasteiger partial charge on any atom is -0.184 e. The Morgan fingerprint density at radius 2 is 0.862 bits per heavy atom. The second-order valence-electron chi connectivity index (χ2n) is 8.80. The molecular weight excluding hydrogens is 354 g/mol. The quantitative estimate of drug-likeness (QED) is 0.222. The van der Waals surface area contributed by atoms with Gasteiger partial charge in [0.25, 0.3) is 0 Å². The first kappa shape index (κ1) is 23.9. The molecular formula is C26H45N3. The maximum atomic E-state index is 4.53. The van der Waals surface area contributed by atoms with Gasteiger partial charge in [-0.3, -0.25) is 0 Å². The van der Waals surface area contributed by atoms with Gasteiger partial charge < -0.3 is 0 Å². The summed E-state index contributed by atoms with van der Waals surface area (Å²) in [6, 6.07) is 8.12. The van der Waals surface area contributed by atoms with Crippen molar-refractivity contribution in [2.45, 2.75) is 129 Å². The van der Waals surface area contributed by atoms with E-state index in [0.717, 1.165) is 17.6 Å². The first-order valence-corrected chi connectivity index (χ1v) is 12.7. The maximum absolute atomic E-state index is 4.53. The highest BCUT2D eigenvalue weighted by molar-refractivity contribution is 5.72. The van der Waals surface area contributed by atoms with Gasteiger partial charge >= 0.3 is 0 Å². The monoisotopic (exact) mass is 399 g/mol. The molecule has 3 heteroatoms. The van der Waals surface area contributed by atoms with Crippen molar-refractivity contribution in [3.63, 3.8) is 0 Å². The van der Waals surface area contributed by atoms with Crippen molar-refractivity contribution in [1.82, 2.24) is 15.0 Å². The van der Waals surface area contributed by atoms with Gasteiger partial charge in [-0.05, 0) is 18.6 Å². The van der Waals surface area contributed by atoms with E-state index < -0.39 is 0 Å². The molecule has 0 atom stereocenters. The number of benzene rings is 1. The number of aromatic nitrogens is 3. The molecule has 0 aliphatic rings. The number of rotatable bonds is 19. The molecule has 1 heterocycles. The minimum atomic E-state index is 0.952. The van der Waals surface area contributed by atoms with Gasteiger partial charge in [-0.15, -0.1) is 0 Å². The first-order chi connectivity index (χ1) is 14.4. The van der Waals surface area contributed by atoms with Crippen molar-refractivity contribution < 1.29 is 0 Å². The van der Waals surface area contributed by atoms with Gasteiger partial charge in [-0.2, -0.15) is 15.0 Å². The summed E-state index contributed by atoms with van der Waals surface area (Å²) in [4.78, 5) is 1.87. The molecule has 1 aromatic carbocycles. The van der Waals surface area contributed by atoms with Crippen LogP contribution in [0.25, 0.3) is 11.0 Å². The van der Waals surface area contributed by atoms with Gasteiger partial charge in [0.15, 0.2) is 0 Å². The number of aryl methyl sites for hydroxylation is 1. The molecule has 1 aromatic heterocycles. The second-order valence-corrected chi connectivity index (χ2v) is 8.80. The summed E-state index contributed by atoms with van der Waals surface area (Å²) in [7, 11) is 0. The molecule has 0 N–H and O–H groups in total. The van der Waals surface area contributed by atoms with E-state index >= 15 is 0 Å². The van der Waals surface area contributed by atoms with Gasteiger partial charge in [-0.1, -0.05) is 128 Å². The number of fused-ring (bicyclic) bond motifs is 1. The zero-order valence-corrected chi connectivity index (χ0v) is 19.1. The predicted octanol–water partition coefficient (Wildman–Crippen LogP) is 8.47. The average Bonchev–Trinajstić information content (AvgIpc) is 3.16. The Bertz CT molecular complexity index is 586. The lowest BCUT2D eigenvalue weighted by molar-refractivity contribution is 0.482. The molecule has 0 spiro atoms. The van der Waals surface area contributed by atoms with E-state index in [2.05, 4.69) is 17.1 Å². The third-order valence-corrected chi connectivity index (χ3v) is 6.04. The minimum absolute atomic E-state index is 0.952. The van der Waals surface area contributed by atoms with Gasteiger partial charge in [-0.25, -0.2) is 0 Å². The van der Waals surface area contributed by atoms with Crippen LogP contribution in [0.15, 0.2) is 24.3 Å². The van der Waals surface area contributed by atoms with Crippen molar-refractivity contribution in [2.24, 2.45) is 0 Å². The fourth-order valence-corrected chi connectivity index (χ4v) is 4.16. The van der Waals surface area contributed by atoms with Crippen LogP contribution in [0.2, 0.25) is 0 Å². The normalized spacial score (nSPS) is 11.5. The molecule has 0 aliphatic carbocycles. The fourth-order valence-electron chi connectivity index (χ4n) is 4.16. The summed E-state index contributed by atoms with van der Waals surface area (Å²) >= 11 is 0. The molecule has 0 unspecified atom stereocenters. The van der Waals surface area contributed by atoms with Gasteiger partial charge in [0.05, 0.1) is 6.54 Å². The van der Waals surface area contributed by atoms with Crippen LogP contribution >= 0.6 is 0 Å². The van der Waals surface area contributed by atoms with Gasteiger partial charge in [0.1, 0.15) is 11.0 Å². The molecule has 3 nitrogen and oxygen atoms in total. The van der Waals surface area contributed by atoms with E-state index in [1.54, 1.807) is 0 Å². The number of hydrogen-bond acceptors (Lipinski definition) is 2. The zero-order chi connectivity index (χ0) is 20.4. The van der Waals surface area contributed by atoms with Gasteiger partial charge in [0, 0.05) is 0 Å². The SMILES string of the molecule is CCCCCCCCCCCCCCCCCCCCn1nc2ccccc2n1. The summed E-state index contributed by atoms with van der Waals surface area (Å²) in [5.74, 6) is 0. The van der Waals surface area contributed by atoms with Gasteiger partial charge in [0.2, 0.25) is 0 Å². The molecule has 29 heavy (non-hydrogen) atoms. The van der Waals surface area contributed by atoms with Crippen LogP contribution < -0.4 is 0 Å². The van der Waals surface area contributed by atoms with Crippen LogP contribution in [0.3, 0.4) is 0 Å². The third-order valence-electron chi connectivity index (χ3n) is 6.04. The Morgan fingerprint density at radius 1 is 0.517 bits per heavy atom. The molecule has 0 fully saturated rings. The molecule has 2 aromatic rings. The highest BCUT2D eigenvalue weighted by atomic mass is 15.5. The predicted molar refractivity (Wildman–Crippen MR) is 126 cm³/mol. The second kappa shape index (κ2) is 16.4. The number of nitrogens with zero attached hydrogens (tertiary/aromatic N) is 3. The first-order valence-electron chi connectivity index (χ1n) is 12.7. The Hall–Kier alpha value is -1.38. The van der Waals surface area contributed by atoms with E-state index in [4.69, 9.17) is 0 Å². The molecule has 0 saturated carbocycles. The van der Waals surface area contributed by atoms with Crippen molar-refractivity contribution in [3.05, 3.63) is 24.3 Å². The number of hydrogen-bond donors (Lipinski definition) is 0. The molecule has 0 amide bonds. The van der Waals surface area contributed by atoms with Crippen LogP contribution in [0.5, 0.6) is 0 Å². The van der Waals surface area contributed by atoms with Crippen molar-refractivity contribution in [1.29, 1.82) is 0 Å². The summed E-state index contributed by atoms with van der Waals surface area (Å²) < 4.78 is 0. The highest BCUT2D eigenvalue weighted by Gasteiger charge is 2.01. The largest absolute Gasteiger partial charge is 0.184 e. The molecule has 164 valence electrons. The highest BCUT2D eigenvalue weighted by Crippen LogP contribution is 2.14. The maximum Gasteiger partial charge on any atom is 0.113 e. The Kier molecular flexibility index (Phi) is 13.5. The molecule has 2 rings (SSSR count). The molecule has 0 saturated heterocycles. The van der Waals surface area contributed by atoms with Crippen LogP contribution in [0.1, 0.15) is 122 Å². The topological polar surface area (TPSA) is 30.7 Å². The van der Waals surface area contributed by atoms with E-state index in [-0.39, 0.29) is 0 Å². The van der Waals surface area contributed by atoms with E-state index in [1.807, 2.05) is 29.1 Å². The average molecular weight is 400 g/mol. The lowest BCUT2D eigenvalue weighted by Crippen LogP contribution is -2.01. The smallest absolute Gasteiger partial charge is 0.113 e. The third kappa shape index (κ3) is 11.4. The molecule has 0 bridgehead atoms. The van der Waals surface area contributed by atoms with E-state index in [9.17, 15) is 0 Å². The van der Waals surface area contributed by atoms with Crippen molar-refractivity contribution in [3.8, 4) is 0 Å². The van der Waals surface area contributed by atoms with E-state index in [1.165, 1.54) is 116 Å². The Labute approximate surface area is 179 Å². The van der Waals surface area contributed by atoms with E-state index in [0.29, 0.717) is 0 Å². The van der Waals surface area contributed by atoms with Crippen LogP contribution in [-0.4, -0.2) is 15.0 Å². The van der Waals surface area contributed by atoms with Crippen LogP contribution in [0, 0.1) is 0 Å². The summed E-state index contributed by atoms with van der Waals surface area (Å²) in [6.07, 6.45) is 25.5. The lowest BCUT2D eigenvalue weighted by Gasteiger charge is -2.04. The Morgan fingerprint density at radius 3 is 1.24 bits per heavy atom. The molecule has 0 aliphatic heterocycles.